The third-order valence-corrected chi connectivity index (χ3v) is 7.43. The Kier molecular flexibility index (Phi) is 7.20. The third kappa shape index (κ3) is 4.87. The summed E-state index contributed by atoms with van der Waals surface area (Å²) in [5.41, 5.74) is 1.82. The van der Waals surface area contributed by atoms with Gasteiger partial charge in [-0.2, -0.15) is 4.31 Å². The van der Waals surface area contributed by atoms with Crippen molar-refractivity contribution < 1.29 is 13.2 Å². The molecule has 30 heavy (non-hydrogen) atoms. The number of amides is 1. The van der Waals surface area contributed by atoms with Crippen molar-refractivity contribution in [2.45, 2.75) is 51.8 Å². The van der Waals surface area contributed by atoms with Crippen molar-refractivity contribution in [2.24, 2.45) is 0 Å². The van der Waals surface area contributed by atoms with Crippen LogP contribution in [0.15, 0.2) is 36.5 Å². The standard InChI is InChI=1S/C22H30N4O3S/c1-4-25(5-2)22(27)19-15-23-21(24-17(19)3)20-13-9-10-14-26(20)30(28,29)16-18-11-7-6-8-12-18/h6-8,11-12,15,20H,4-5,9-10,13-14,16H2,1-3H3/t20-/m1/s1. The van der Waals surface area contributed by atoms with Gasteiger partial charge in [-0.1, -0.05) is 36.8 Å². The summed E-state index contributed by atoms with van der Waals surface area (Å²) >= 11 is 0. The van der Waals surface area contributed by atoms with Gasteiger partial charge in [-0.3, -0.25) is 4.79 Å². The number of piperidine rings is 1. The Bertz CT molecular complexity index is 975. The fraction of sp³-hybridized carbons (Fsp3) is 0.500. The van der Waals surface area contributed by atoms with E-state index in [1.165, 1.54) is 0 Å². The molecule has 1 atom stereocenters. The lowest BCUT2D eigenvalue weighted by atomic mass is 10.0. The molecular weight excluding hydrogens is 400 g/mol. The molecule has 2 aromatic rings. The van der Waals surface area contributed by atoms with Crippen LogP contribution in [0.4, 0.5) is 0 Å². The van der Waals surface area contributed by atoms with E-state index in [0.29, 0.717) is 43.1 Å². The number of sulfonamides is 1. The number of aromatic nitrogens is 2. The molecule has 3 rings (SSSR count). The van der Waals surface area contributed by atoms with Crippen LogP contribution in [0.3, 0.4) is 0 Å². The molecule has 1 aliphatic rings. The van der Waals surface area contributed by atoms with E-state index in [0.717, 1.165) is 18.4 Å². The van der Waals surface area contributed by atoms with Gasteiger partial charge in [0.2, 0.25) is 10.0 Å². The zero-order valence-corrected chi connectivity index (χ0v) is 18.7. The van der Waals surface area contributed by atoms with Gasteiger partial charge in [0.25, 0.3) is 5.91 Å². The monoisotopic (exact) mass is 430 g/mol. The first-order valence-electron chi connectivity index (χ1n) is 10.5. The summed E-state index contributed by atoms with van der Waals surface area (Å²) in [7, 11) is -3.52. The van der Waals surface area contributed by atoms with Gasteiger partial charge in [0.1, 0.15) is 5.82 Å². The zero-order chi connectivity index (χ0) is 21.7. The van der Waals surface area contributed by atoms with Crippen molar-refractivity contribution in [1.82, 2.24) is 19.2 Å². The highest BCUT2D eigenvalue weighted by molar-refractivity contribution is 7.88. The minimum atomic E-state index is -3.52. The molecule has 2 heterocycles. The van der Waals surface area contributed by atoms with Crippen LogP contribution in [-0.4, -0.2) is 53.1 Å². The van der Waals surface area contributed by atoms with Crippen LogP contribution in [0.2, 0.25) is 0 Å². The van der Waals surface area contributed by atoms with E-state index in [1.807, 2.05) is 44.2 Å². The molecule has 0 radical (unpaired) electrons. The molecule has 1 amide bonds. The average molecular weight is 431 g/mol. The van der Waals surface area contributed by atoms with Crippen LogP contribution in [0.5, 0.6) is 0 Å². The van der Waals surface area contributed by atoms with E-state index in [1.54, 1.807) is 22.3 Å². The van der Waals surface area contributed by atoms with Crippen molar-refractivity contribution in [3.8, 4) is 0 Å². The Hall–Kier alpha value is -2.32. The predicted molar refractivity (Wildman–Crippen MR) is 116 cm³/mol. The van der Waals surface area contributed by atoms with Gasteiger partial charge in [0, 0.05) is 25.8 Å². The highest BCUT2D eigenvalue weighted by atomic mass is 32.2. The first kappa shape index (κ1) is 22.4. The van der Waals surface area contributed by atoms with E-state index in [9.17, 15) is 13.2 Å². The number of hydrogen-bond donors (Lipinski definition) is 0. The van der Waals surface area contributed by atoms with Crippen LogP contribution in [0.1, 0.15) is 66.6 Å². The highest BCUT2D eigenvalue weighted by Crippen LogP contribution is 2.32. The van der Waals surface area contributed by atoms with Crippen LogP contribution < -0.4 is 0 Å². The summed E-state index contributed by atoms with van der Waals surface area (Å²) in [6.45, 7) is 7.35. The lowest BCUT2D eigenvalue weighted by molar-refractivity contribution is 0.0771. The lowest BCUT2D eigenvalue weighted by Crippen LogP contribution is -2.40. The first-order valence-corrected chi connectivity index (χ1v) is 12.1. The van der Waals surface area contributed by atoms with Gasteiger partial charge in [-0.15, -0.1) is 0 Å². The quantitative estimate of drug-likeness (QED) is 0.673. The van der Waals surface area contributed by atoms with Crippen molar-refractivity contribution in [3.63, 3.8) is 0 Å². The van der Waals surface area contributed by atoms with Crippen molar-refractivity contribution in [3.05, 3.63) is 59.2 Å². The second-order valence-electron chi connectivity index (χ2n) is 7.57. The molecule has 0 saturated carbocycles. The molecule has 162 valence electrons. The maximum absolute atomic E-state index is 13.2. The van der Waals surface area contributed by atoms with Crippen molar-refractivity contribution in [1.29, 1.82) is 0 Å². The molecule has 1 fully saturated rings. The number of nitrogens with zero attached hydrogens (tertiary/aromatic N) is 4. The SMILES string of the molecule is CCN(CC)C(=O)c1cnc([C@H]2CCCCN2S(=O)(=O)Cc2ccccc2)nc1C. The maximum atomic E-state index is 13.2. The first-order chi connectivity index (χ1) is 14.4. The summed E-state index contributed by atoms with van der Waals surface area (Å²) in [5, 5.41) is 0. The Morgan fingerprint density at radius 3 is 2.50 bits per heavy atom. The van der Waals surface area contributed by atoms with Gasteiger partial charge in [0.05, 0.1) is 23.1 Å². The Morgan fingerprint density at radius 2 is 1.87 bits per heavy atom. The molecule has 0 N–H and O–H groups in total. The zero-order valence-electron chi connectivity index (χ0n) is 17.9. The molecule has 1 aromatic carbocycles. The summed E-state index contributed by atoms with van der Waals surface area (Å²) in [6.07, 6.45) is 3.97. The van der Waals surface area contributed by atoms with E-state index in [2.05, 4.69) is 9.97 Å². The normalized spacial score (nSPS) is 17.6. The summed E-state index contributed by atoms with van der Waals surface area (Å²) in [5.74, 6) is 0.336. The third-order valence-electron chi connectivity index (χ3n) is 5.58. The highest BCUT2D eigenvalue weighted by Gasteiger charge is 2.35. The van der Waals surface area contributed by atoms with Gasteiger partial charge in [-0.05, 0) is 39.2 Å². The molecule has 0 aliphatic carbocycles. The van der Waals surface area contributed by atoms with Gasteiger partial charge in [0.15, 0.2) is 0 Å². The molecule has 1 saturated heterocycles. The van der Waals surface area contributed by atoms with Crippen LogP contribution in [-0.2, 0) is 15.8 Å². The minimum absolute atomic E-state index is 0.0398. The topological polar surface area (TPSA) is 83.5 Å². The minimum Gasteiger partial charge on any atom is -0.339 e. The Balaban J connectivity index is 1.87. The van der Waals surface area contributed by atoms with E-state index >= 15 is 0 Å². The molecule has 7 nitrogen and oxygen atoms in total. The van der Waals surface area contributed by atoms with Crippen molar-refractivity contribution >= 4 is 15.9 Å². The average Bonchev–Trinajstić information content (AvgIpc) is 2.75. The summed E-state index contributed by atoms with van der Waals surface area (Å²) in [4.78, 5) is 23.4. The Morgan fingerprint density at radius 1 is 1.17 bits per heavy atom. The number of rotatable bonds is 7. The fourth-order valence-corrected chi connectivity index (χ4v) is 5.67. The second kappa shape index (κ2) is 9.66. The molecule has 0 bridgehead atoms. The molecular formula is C22H30N4O3S. The molecule has 8 heteroatoms. The van der Waals surface area contributed by atoms with Crippen LogP contribution in [0, 0.1) is 6.92 Å². The number of benzene rings is 1. The summed E-state index contributed by atoms with van der Waals surface area (Å²) < 4.78 is 27.9. The van der Waals surface area contributed by atoms with Crippen molar-refractivity contribution in [2.75, 3.05) is 19.6 Å². The smallest absolute Gasteiger partial charge is 0.257 e. The summed E-state index contributed by atoms with van der Waals surface area (Å²) in [6, 6.07) is 8.81. The number of carbonyl (C=O) groups is 1. The van der Waals surface area contributed by atoms with Crippen LogP contribution in [0.25, 0.3) is 0 Å². The van der Waals surface area contributed by atoms with E-state index < -0.39 is 16.1 Å². The van der Waals surface area contributed by atoms with Crippen LogP contribution >= 0.6 is 0 Å². The second-order valence-corrected chi connectivity index (χ2v) is 9.49. The number of carbonyl (C=O) groups excluding carboxylic acids is 1. The largest absolute Gasteiger partial charge is 0.339 e. The molecule has 1 aliphatic heterocycles. The molecule has 0 spiro atoms. The number of hydrogen-bond acceptors (Lipinski definition) is 5. The lowest BCUT2D eigenvalue weighted by Gasteiger charge is -2.34. The van der Waals surface area contributed by atoms with Gasteiger partial charge < -0.3 is 4.90 Å². The number of aryl methyl sites for hydroxylation is 1. The fourth-order valence-electron chi connectivity index (χ4n) is 3.90. The van der Waals surface area contributed by atoms with E-state index in [4.69, 9.17) is 0 Å². The molecule has 1 aromatic heterocycles. The maximum Gasteiger partial charge on any atom is 0.257 e. The predicted octanol–water partition coefficient (Wildman–Crippen LogP) is 3.32. The van der Waals surface area contributed by atoms with Gasteiger partial charge in [-0.25, -0.2) is 18.4 Å². The Labute approximate surface area is 179 Å². The van der Waals surface area contributed by atoms with E-state index in [-0.39, 0.29) is 11.7 Å². The van der Waals surface area contributed by atoms with Gasteiger partial charge >= 0.3 is 0 Å². The molecule has 0 unspecified atom stereocenters.